The fraction of sp³-hybridized carbons (Fsp3) is 0.381. The fourth-order valence-electron chi connectivity index (χ4n) is 3.21. The number of carbonyl (C=O) groups excluding carboxylic acids is 1. The van der Waals surface area contributed by atoms with E-state index in [2.05, 4.69) is 42.2 Å². The summed E-state index contributed by atoms with van der Waals surface area (Å²) in [4.78, 5) is 14.4. The first-order valence-electron chi connectivity index (χ1n) is 8.74. The van der Waals surface area contributed by atoms with E-state index in [4.69, 9.17) is 4.74 Å². The molecule has 1 fully saturated rings. The van der Waals surface area contributed by atoms with Crippen molar-refractivity contribution < 1.29 is 9.53 Å². The predicted molar refractivity (Wildman–Crippen MR) is 97.3 cm³/mol. The quantitative estimate of drug-likeness (QED) is 0.767. The standard InChI is InChI=1S/C21H25NO2/c1-3-21(23)20-6-4-5-19(15-20)18-9-7-17(8-10-18)16(2)22-11-13-24-14-12-22/h4-10,15-16H,3,11-14H2,1-2H3/t16-/m1/s1. The van der Waals surface area contributed by atoms with Gasteiger partial charge in [-0.25, -0.2) is 0 Å². The SMILES string of the molecule is CCC(=O)c1cccc(-c2ccc([C@@H](C)N3CCOCC3)cc2)c1. The molecule has 3 nitrogen and oxygen atoms in total. The van der Waals surface area contributed by atoms with Gasteiger partial charge in [0, 0.05) is 31.1 Å². The maximum atomic E-state index is 11.9. The van der Waals surface area contributed by atoms with E-state index in [-0.39, 0.29) is 5.78 Å². The zero-order valence-corrected chi connectivity index (χ0v) is 14.5. The van der Waals surface area contributed by atoms with Crippen LogP contribution in [0, 0.1) is 0 Å². The molecule has 24 heavy (non-hydrogen) atoms. The fourth-order valence-corrected chi connectivity index (χ4v) is 3.21. The lowest BCUT2D eigenvalue weighted by Gasteiger charge is -2.32. The van der Waals surface area contributed by atoms with Gasteiger partial charge in [0.1, 0.15) is 0 Å². The molecule has 0 amide bonds. The third kappa shape index (κ3) is 3.74. The van der Waals surface area contributed by atoms with Crippen molar-refractivity contribution in [3.8, 4) is 11.1 Å². The van der Waals surface area contributed by atoms with Crippen molar-refractivity contribution in [1.29, 1.82) is 0 Å². The molecule has 0 radical (unpaired) electrons. The van der Waals surface area contributed by atoms with Gasteiger partial charge >= 0.3 is 0 Å². The summed E-state index contributed by atoms with van der Waals surface area (Å²) in [5.74, 6) is 0.189. The van der Waals surface area contributed by atoms with Gasteiger partial charge in [-0.15, -0.1) is 0 Å². The largest absolute Gasteiger partial charge is 0.379 e. The van der Waals surface area contributed by atoms with Crippen molar-refractivity contribution in [3.05, 3.63) is 59.7 Å². The molecule has 0 aromatic heterocycles. The second-order valence-corrected chi connectivity index (χ2v) is 6.30. The monoisotopic (exact) mass is 323 g/mol. The van der Waals surface area contributed by atoms with Crippen LogP contribution in [-0.2, 0) is 4.74 Å². The molecule has 1 heterocycles. The topological polar surface area (TPSA) is 29.5 Å². The Bertz CT molecular complexity index is 687. The molecule has 0 spiro atoms. The highest BCUT2D eigenvalue weighted by Crippen LogP contribution is 2.26. The van der Waals surface area contributed by atoms with Gasteiger partial charge in [0.15, 0.2) is 5.78 Å². The number of carbonyl (C=O) groups is 1. The Morgan fingerprint density at radius 2 is 1.79 bits per heavy atom. The summed E-state index contributed by atoms with van der Waals surface area (Å²) < 4.78 is 5.43. The summed E-state index contributed by atoms with van der Waals surface area (Å²) in [6, 6.07) is 17.0. The average molecular weight is 323 g/mol. The number of rotatable bonds is 5. The first kappa shape index (κ1) is 16.9. The van der Waals surface area contributed by atoms with Gasteiger partial charge < -0.3 is 4.74 Å². The summed E-state index contributed by atoms with van der Waals surface area (Å²) in [7, 11) is 0. The highest BCUT2D eigenvalue weighted by molar-refractivity contribution is 5.97. The van der Waals surface area contributed by atoms with E-state index in [1.807, 2.05) is 25.1 Å². The van der Waals surface area contributed by atoms with E-state index in [1.54, 1.807) is 0 Å². The van der Waals surface area contributed by atoms with Gasteiger partial charge in [0.05, 0.1) is 13.2 Å². The van der Waals surface area contributed by atoms with Crippen LogP contribution in [0.2, 0.25) is 0 Å². The van der Waals surface area contributed by atoms with Crippen molar-refractivity contribution in [2.45, 2.75) is 26.3 Å². The molecular formula is C21H25NO2. The molecule has 3 rings (SSSR count). The highest BCUT2D eigenvalue weighted by Gasteiger charge is 2.18. The van der Waals surface area contributed by atoms with Crippen molar-refractivity contribution >= 4 is 5.78 Å². The van der Waals surface area contributed by atoms with Gasteiger partial charge in [0.2, 0.25) is 0 Å². The van der Waals surface area contributed by atoms with E-state index in [0.29, 0.717) is 12.5 Å². The van der Waals surface area contributed by atoms with E-state index in [1.165, 1.54) is 5.56 Å². The van der Waals surface area contributed by atoms with E-state index in [9.17, 15) is 4.79 Å². The summed E-state index contributed by atoms with van der Waals surface area (Å²) in [6.07, 6.45) is 0.541. The van der Waals surface area contributed by atoms with E-state index in [0.717, 1.165) is 43.0 Å². The molecule has 0 aliphatic carbocycles. The molecule has 0 N–H and O–H groups in total. The molecule has 1 atom stereocenters. The van der Waals surface area contributed by atoms with Crippen LogP contribution in [0.5, 0.6) is 0 Å². The van der Waals surface area contributed by atoms with Crippen LogP contribution in [0.1, 0.15) is 42.2 Å². The second-order valence-electron chi connectivity index (χ2n) is 6.30. The summed E-state index contributed by atoms with van der Waals surface area (Å²) in [5.41, 5.74) is 4.36. The third-order valence-electron chi connectivity index (χ3n) is 4.83. The summed E-state index contributed by atoms with van der Waals surface area (Å²) in [6.45, 7) is 7.77. The number of morpholine rings is 1. The minimum atomic E-state index is 0.189. The van der Waals surface area contributed by atoms with Crippen molar-refractivity contribution in [2.75, 3.05) is 26.3 Å². The molecule has 0 bridgehead atoms. The molecule has 2 aromatic rings. The Kier molecular flexibility index (Phi) is 5.44. The number of ether oxygens (including phenoxy) is 1. The highest BCUT2D eigenvalue weighted by atomic mass is 16.5. The lowest BCUT2D eigenvalue weighted by Crippen LogP contribution is -2.37. The molecule has 1 aliphatic heterocycles. The molecule has 2 aromatic carbocycles. The van der Waals surface area contributed by atoms with Crippen LogP contribution >= 0.6 is 0 Å². The van der Waals surface area contributed by atoms with E-state index < -0.39 is 0 Å². The molecule has 126 valence electrons. The van der Waals surface area contributed by atoms with Crippen molar-refractivity contribution in [3.63, 3.8) is 0 Å². The van der Waals surface area contributed by atoms with Gasteiger partial charge in [-0.1, -0.05) is 49.4 Å². The third-order valence-corrected chi connectivity index (χ3v) is 4.83. The normalized spacial score (nSPS) is 16.8. The second kappa shape index (κ2) is 7.73. The Hall–Kier alpha value is -1.97. The summed E-state index contributed by atoms with van der Waals surface area (Å²) in [5, 5.41) is 0. The number of benzene rings is 2. The van der Waals surface area contributed by atoms with Crippen LogP contribution < -0.4 is 0 Å². The van der Waals surface area contributed by atoms with Crippen molar-refractivity contribution in [2.24, 2.45) is 0 Å². The first-order valence-corrected chi connectivity index (χ1v) is 8.74. The van der Waals surface area contributed by atoms with Crippen LogP contribution in [0.4, 0.5) is 0 Å². The number of hydrogen-bond acceptors (Lipinski definition) is 3. The maximum Gasteiger partial charge on any atom is 0.162 e. The molecule has 0 unspecified atom stereocenters. The number of ketones is 1. The summed E-state index contributed by atoms with van der Waals surface area (Å²) >= 11 is 0. The zero-order valence-electron chi connectivity index (χ0n) is 14.5. The Morgan fingerprint density at radius 1 is 1.08 bits per heavy atom. The van der Waals surface area contributed by atoms with E-state index >= 15 is 0 Å². The van der Waals surface area contributed by atoms with Crippen LogP contribution in [0.3, 0.4) is 0 Å². The lowest BCUT2D eigenvalue weighted by molar-refractivity contribution is 0.0198. The van der Waals surface area contributed by atoms with Crippen LogP contribution in [0.15, 0.2) is 48.5 Å². The zero-order chi connectivity index (χ0) is 16.9. The molecule has 3 heteroatoms. The van der Waals surface area contributed by atoms with Crippen molar-refractivity contribution in [1.82, 2.24) is 4.90 Å². The Balaban J connectivity index is 1.78. The number of nitrogens with zero attached hydrogens (tertiary/aromatic N) is 1. The van der Waals surface area contributed by atoms with Gasteiger partial charge in [-0.05, 0) is 29.7 Å². The Morgan fingerprint density at radius 3 is 2.46 bits per heavy atom. The lowest BCUT2D eigenvalue weighted by atomic mass is 9.98. The number of Topliss-reactive ketones (excluding diaryl/α,β-unsaturated/α-hetero) is 1. The minimum Gasteiger partial charge on any atom is -0.379 e. The maximum absolute atomic E-state index is 11.9. The molecule has 1 saturated heterocycles. The minimum absolute atomic E-state index is 0.189. The van der Waals surface area contributed by atoms with Gasteiger partial charge in [0.25, 0.3) is 0 Å². The molecule has 0 saturated carbocycles. The van der Waals surface area contributed by atoms with Crippen LogP contribution in [0.25, 0.3) is 11.1 Å². The Labute approximate surface area is 144 Å². The average Bonchev–Trinajstić information content (AvgIpc) is 2.67. The smallest absolute Gasteiger partial charge is 0.162 e. The van der Waals surface area contributed by atoms with Gasteiger partial charge in [-0.2, -0.15) is 0 Å². The molecular weight excluding hydrogens is 298 g/mol. The molecule has 1 aliphatic rings. The number of hydrogen-bond donors (Lipinski definition) is 0. The first-order chi connectivity index (χ1) is 11.7. The van der Waals surface area contributed by atoms with Gasteiger partial charge in [-0.3, -0.25) is 9.69 Å². The predicted octanol–water partition coefficient (Wildman–Crippen LogP) is 4.34. The van der Waals surface area contributed by atoms with Crippen LogP contribution in [-0.4, -0.2) is 37.0 Å².